The summed E-state index contributed by atoms with van der Waals surface area (Å²) in [5.41, 5.74) is 0. The van der Waals surface area contributed by atoms with Crippen LogP contribution in [0.3, 0.4) is 0 Å². The minimum atomic E-state index is -0.411. The Morgan fingerprint density at radius 3 is 2.93 bits per heavy atom. The molecule has 0 aromatic carbocycles. The summed E-state index contributed by atoms with van der Waals surface area (Å²) >= 11 is 0. The Morgan fingerprint density at radius 1 is 1.71 bits per heavy atom. The molecule has 1 atom stereocenters. The molecule has 0 aliphatic carbocycles. The van der Waals surface area contributed by atoms with Gasteiger partial charge in [-0.2, -0.15) is 0 Å². The van der Waals surface area contributed by atoms with E-state index in [9.17, 15) is 9.59 Å². The SMILES string of the molecule is COC(=O)CC1NCCN(C)C1=O.Cl. The molecule has 0 aromatic heterocycles. The summed E-state index contributed by atoms with van der Waals surface area (Å²) in [7, 11) is 3.05. The van der Waals surface area contributed by atoms with E-state index < -0.39 is 6.04 Å². The molecule has 0 bridgehead atoms. The van der Waals surface area contributed by atoms with Crippen molar-refractivity contribution in [3.63, 3.8) is 0 Å². The molecule has 0 saturated carbocycles. The van der Waals surface area contributed by atoms with Crippen molar-refractivity contribution in [2.45, 2.75) is 12.5 Å². The number of likely N-dealkylation sites (N-methyl/N-ethyl adjacent to an activating group) is 1. The van der Waals surface area contributed by atoms with Crippen LogP contribution in [0.5, 0.6) is 0 Å². The summed E-state index contributed by atoms with van der Waals surface area (Å²) in [5.74, 6) is -0.405. The fourth-order valence-electron chi connectivity index (χ4n) is 1.28. The van der Waals surface area contributed by atoms with Gasteiger partial charge in [-0.1, -0.05) is 0 Å². The number of hydrogen-bond acceptors (Lipinski definition) is 4. The smallest absolute Gasteiger partial charge is 0.307 e. The number of esters is 1. The van der Waals surface area contributed by atoms with E-state index in [4.69, 9.17) is 0 Å². The molecule has 1 fully saturated rings. The second-order valence-electron chi connectivity index (χ2n) is 3.05. The molecule has 1 N–H and O–H groups in total. The van der Waals surface area contributed by atoms with Crippen LogP contribution in [0.25, 0.3) is 0 Å². The van der Waals surface area contributed by atoms with E-state index >= 15 is 0 Å². The van der Waals surface area contributed by atoms with Crippen LogP contribution in [0.1, 0.15) is 6.42 Å². The van der Waals surface area contributed by atoms with Crippen LogP contribution in [0, 0.1) is 0 Å². The summed E-state index contributed by atoms with van der Waals surface area (Å²) in [6, 6.07) is -0.411. The monoisotopic (exact) mass is 222 g/mol. The number of nitrogens with zero attached hydrogens (tertiary/aromatic N) is 1. The van der Waals surface area contributed by atoms with Gasteiger partial charge >= 0.3 is 5.97 Å². The Labute approximate surface area is 89.2 Å². The first-order valence-electron chi connectivity index (χ1n) is 4.20. The third-order valence-corrected chi connectivity index (χ3v) is 2.11. The lowest BCUT2D eigenvalue weighted by atomic mass is 10.1. The second-order valence-corrected chi connectivity index (χ2v) is 3.05. The van der Waals surface area contributed by atoms with Crippen LogP contribution in [-0.2, 0) is 14.3 Å². The number of halogens is 1. The van der Waals surface area contributed by atoms with Crippen molar-refractivity contribution in [2.75, 3.05) is 27.2 Å². The number of methoxy groups -OCH3 is 1. The first-order valence-corrected chi connectivity index (χ1v) is 4.20. The van der Waals surface area contributed by atoms with Crippen LogP contribution >= 0.6 is 12.4 Å². The Morgan fingerprint density at radius 2 is 2.36 bits per heavy atom. The normalized spacial score (nSPS) is 21.4. The Balaban J connectivity index is 0.00000169. The highest BCUT2D eigenvalue weighted by atomic mass is 35.5. The second kappa shape index (κ2) is 5.82. The Kier molecular flexibility index (Phi) is 5.49. The van der Waals surface area contributed by atoms with Crippen molar-refractivity contribution in [1.29, 1.82) is 0 Å². The van der Waals surface area contributed by atoms with E-state index in [1.807, 2.05) is 0 Å². The molecule has 1 heterocycles. The van der Waals surface area contributed by atoms with Gasteiger partial charge in [-0.15, -0.1) is 12.4 Å². The van der Waals surface area contributed by atoms with Gasteiger partial charge in [0.2, 0.25) is 5.91 Å². The third-order valence-electron chi connectivity index (χ3n) is 2.11. The first-order chi connectivity index (χ1) is 6.15. The zero-order valence-electron chi connectivity index (χ0n) is 8.28. The molecule has 1 aliphatic heterocycles. The number of ether oxygens (including phenoxy) is 1. The molecule has 1 aliphatic rings. The maximum Gasteiger partial charge on any atom is 0.307 e. The van der Waals surface area contributed by atoms with Crippen LogP contribution in [0.4, 0.5) is 0 Å². The lowest BCUT2D eigenvalue weighted by molar-refractivity contribution is -0.145. The van der Waals surface area contributed by atoms with Crippen molar-refractivity contribution in [3.05, 3.63) is 0 Å². The highest BCUT2D eigenvalue weighted by Crippen LogP contribution is 2.03. The summed E-state index contributed by atoms with van der Waals surface area (Å²) in [6.45, 7) is 1.42. The van der Waals surface area contributed by atoms with E-state index in [2.05, 4.69) is 10.1 Å². The number of carbonyl (C=O) groups is 2. The number of piperazine rings is 1. The van der Waals surface area contributed by atoms with E-state index in [-0.39, 0.29) is 30.7 Å². The highest BCUT2D eigenvalue weighted by molar-refractivity contribution is 5.87. The van der Waals surface area contributed by atoms with Crippen LogP contribution < -0.4 is 5.32 Å². The average Bonchev–Trinajstić information content (AvgIpc) is 2.13. The molecule has 1 unspecified atom stereocenters. The van der Waals surface area contributed by atoms with Crippen LogP contribution in [0.2, 0.25) is 0 Å². The van der Waals surface area contributed by atoms with Crippen molar-refractivity contribution >= 4 is 24.3 Å². The van der Waals surface area contributed by atoms with Crippen molar-refractivity contribution < 1.29 is 14.3 Å². The topological polar surface area (TPSA) is 58.6 Å². The molecule has 0 radical (unpaired) electrons. The maximum atomic E-state index is 11.4. The largest absolute Gasteiger partial charge is 0.469 e. The summed E-state index contributed by atoms with van der Waals surface area (Å²) in [6.07, 6.45) is 0.111. The van der Waals surface area contributed by atoms with E-state index in [1.165, 1.54) is 7.11 Å². The average molecular weight is 223 g/mol. The van der Waals surface area contributed by atoms with Crippen molar-refractivity contribution in [3.8, 4) is 0 Å². The molecule has 14 heavy (non-hydrogen) atoms. The summed E-state index contributed by atoms with van der Waals surface area (Å²) in [5, 5.41) is 2.97. The van der Waals surface area contributed by atoms with Gasteiger partial charge in [0.25, 0.3) is 0 Å². The van der Waals surface area contributed by atoms with Gasteiger partial charge in [0, 0.05) is 20.1 Å². The summed E-state index contributed by atoms with van der Waals surface area (Å²) < 4.78 is 4.49. The fraction of sp³-hybridized carbons (Fsp3) is 0.750. The lowest BCUT2D eigenvalue weighted by Crippen LogP contribution is -2.54. The summed E-state index contributed by atoms with van der Waals surface area (Å²) in [4.78, 5) is 23.9. The van der Waals surface area contributed by atoms with Gasteiger partial charge in [-0.05, 0) is 0 Å². The number of hydrogen-bond donors (Lipinski definition) is 1. The molecule has 6 heteroatoms. The highest BCUT2D eigenvalue weighted by Gasteiger charge is 2.27. The molecule has 1 rings (SSSR count). The molecule has 1 amide bonds. The molecule has 0 aromatic rings. The predicted molar refractivity (Wildman–Crippen MR) is 53.3 cm³/mol. The molecule has 82 valence electrons. The Bertz CT molecular complexity index is 223. The van der Waals surface area contributed by atoms with Gasteiger partial charge in [0.1, 0.15) is 0 Å². The lowest BCUT2D eigenvalue weighted by Gasteiger charge is -2.29. The van der Waals surface area contributed by atoms with E-state index in [0.717, 1.165) is 6.54 Å². The van der Waals surface area contributed by atoms with Gasteiger partial charge in [0.05, 0.1) is 19.6 Å². The van der Waals surface area contributed by atoms with Gasteiger partial charge < -0.3 is 15.0 Å². The number of rotatable bonds is 2. The van der Waals surface area contributed by atoms with Gasteiger partial charge in [0.15, 0.2) is 0 Å². The van der Waals surface area contributed by atoms with E-state index in [1.54, 1.807) is 11.9 Å². The number of carbonyl (C=O) groups excluding carboxylic acids is 2. The number of nitrogens with one attached hydrogen (secondary N) is 1. The van der Waals surface area contributed by atoms with Gasteiger partial charge in [-0.25, -0.2) is 0 Å². The quantitative estimate of drug-likeness (QED) is 0.634. The molecular formula is C8H15ClN2O3. The predicted octanol–water partition coefficient (Wildman–Crippen LogP) is -0.599. The van der Waals surface area contributed by atoms with Crippen LogP contribution in [-0.4, -0.2) is 50.1 Å². The van der Waals surface area contributed by atoms with Crippen molar-refractivity contribution in [2.24, 2.45) is 0 Å². The standard InChI is InChI=1S/C8H14N2O3.ClH/c1-10-4-3-9-6(8(10)12)5-7(11)13-2;/h6,9H,3-5H2,1-2H3;1H. The minimum Gasteiger partial charge on any atom is -0.469 e. The molecular weight excluding hydrogens is 208 g/mol. The van der Waals surface area contributed by atoms with Crippen LogP contribution in [0.15, 0.2) is 0 Å². The molecule has 1 saturated heterocycles. The molecule has 0 spiro atoms. The first kappa shape index (κ1) is 13.2. The fourth-order valence-corrected chi connectivity index (χ4v) is 1.28. The minimum absolute atomic E-state index is 0. The Hall–Kier alpha value is -0.810. The molecule has 5 nitrogen and oxygen atoms in total. The number of amides is 1. The zero-order chi connectivity index (χ0) is 9.84. The zero-order valence-corrected chi connectivity index (χ0v) is 9.10. The maximum absolute atomic E-state index is 11.4. The van der Waals surface area contributed by atoms with E-state index in [0.29, 0.717) is 6.54 Å². The third kappa shape index (κ3) is 3.16. The van der Waals surface area contributed by atoms with Crippen molar-refractivity contribution in [1.82, 2.24) is 10.2 Å². The van der Waals surface area contributed by atoms with Gasteiger partial charge in [-0.3, -0.25) is 9.59 Å².